The Balaban J connectivity index is 2.36. The molecule has 0 bridgehead atoms. The van der Waals surface area contributed by atoms with Crippen LogP contribution in [0, 0.1) is 0 Å². The fourth-order valence-electron chi connectivity index (χ4n) is 2.01. The van der Waals surface area contributed by atoms with Crippen LogP contribution >= 0.6 is 11.6 Å². The smallest absolute Gasteiger partial charge is 0.224 e. The highest BCUT2D eigenvalue weighted by Gasteiger charge is 2.02. The highest BCUT2D eigenvalue weighted by Crippen LogP contribution is 2.13. The maximum atomic E-state index is 11.8. The number of carbonyl (C=O) groups excluding carboxylic acids is 1. The minimum absolute atomic E-state index is 0.116. The summed E-state index contributed by atoms with van der Waals surface area (Å²) in [5.41, 5.74) is 2.12. The van der Waals surface area contributed by atoms with Crippen molar-refractivity contribution in [3.8, 4) is 0 Å². The van der Waals surface area contributed by atoms with E-state index in [-0.39, 0.29) is 5.91 Å². The van der Waals surface area contributed by atoms with Gasteiger partial charge in [-0.2, -0.15) is 0 Å². The number of hydrogen-bond acceptors (Lipinski definition) is 1. The molecule has 0 aliphatic carbocycles. The van der Waals surface area contributed by atoms with Crippen molar-refractivity contribution in [2.24, 2.45) is 0 Å². The van der Waals surface area contributed by atoms with Crippen molar-refractivity contribution in [3.63, 3.8) is 0 Å². The number of rotatable bonds is 9. The molecule has 0 atom stereocenters. The zero-order chi connectivity index (χ0) is 13.9. The first-order valence-electron chi connectivity index (χ1n) is 7.21. The maximum absolute atomic E-state index is 11.8. The quantitative estimate of drug-likeness (QED) is 0.513. The Morgan fingerprint density at radius 3 is 2.79 bits per heavy atom. The first-order chi connectivity index (χ1) is 9.26. The second-order valence-electron chi connectivity index (χ2n) is 4.85. The van der Waals surface area contributed by atoms with Crippen molar-refractivity contribution >= 4 is 23.2 Å². The molecule has 0 saturated heterocycles. The molecule has 1 aromatic carbocycles. The second kappa shape index (κ2) is 9.85. The predicted octanol–water partition coefficient (Wildman–Crippen LogP) is 4.77. The summed E-state index contributed by atoms with van der Waals surface area (Å²) >= 11 is 5.69. The maximum Gasteiger partial charge on any atom is 0.224 e. The lowest BCUT2D eigenvalue weighted by Crippen LogP contribution is -2.11. The number of halogens is 1. The zero-order valence-electron chi connectivity index (χ0n) is 11.8. The van der Waals surface area contributed by atoms with Gasteiger partial charge in [0.25, 0.3) is 0 Å². The SMILES string of the molecule is CCCCCCC(=O)Nc1cccc(CCCCl)c1. The Hall–Kier alpha value is -1.02. The van der Waals surface area contributed by atoms with Crippen molar-refractivity contribution in [3.05, 3.63) is 29.8 Å². The second-order valence-corrected chi connectivity index (χ2v) is 5.23. The minimum atomic E-state index is 0.116. The van der Waals surface area contributed by atoms with Crippen LogP contribution in [0.1, 0.15) is 51.0 Å². The van der Waals surface area contributed by atoms with Crippen LogP contribution in [0.2, 0.25) is 0 Å². The lowest BCUT2D eigenvalue weighted by atomic mass is 10.1. The lowest BCUT2D eigenvalue weighted by molar-refractivity contribution is -0.116. The third-order valence-corrected chi connectivity index (χ3v) is 3.33. The number of hydrogen-bond donors (Lipinski definition) is 1. The van der Waals surface area contributed by atoms with Crippen LogP contribution < -0.4 is 5.32 Å². The highest BCUT2D eigenvalue weighted by molar-refractivity contribution is 6.17. The summed E-state index contributed by atoms with van der Waals surface area (Å²) in [7, 11) is 0. The number of benzene rings is 1. The Morgan fingerprint density at radius 2 is 2.05 bits per heavy atom. The Labute approximate surface area is 121 Å². The minimum Gasteiger partial charge on any atom is -0.326 e. The first-order valence-corrected chi connectivity index (χ1v) is 7.74. The largest absolute Gasteiger partial charge is 0.326 e. The molecule has 3 heteroatoms. The number of alkyl halides is 1. The predicted molar refractivity (Wildman–Crippen MR) is 82.9 cm³/mol. The van der Waals surface area contributed by atoms with Gasteiger partial charge in [0, 0.05) is 18.0 Å². The van der Waals surface area contributed by atoms with E-state index in [9.17, 15) is 4.79 Å². The molecule has 0 aliphatic rings. The van der Waals surface area contributed by atoms with E-state index in [0.717, 1.165) is 31.4 Å². The molecule has 0 saturated carbocycles. The van der Waals surface area contributed by atoms with Crippen molar-refractivity contribution in [2.75, 3.05) is 11.2 Å². The standard InChI is InChI=1S/C16H24ClNO/c1-2-3-4-5-11-16(19)18-15-10-6-8-14(13-15)9-7-12-17/h6,8,10,13H,2-5,7,9,11-12H2,1H3,(H,18,19). The van der Waals surface area contributed by atoms with Gasteiger partial charge in [-0.1, -0.05) is 38.3 Å². The molecule has 1 N–H and O–H groups in total. The third-order valence-electron chi connectivity index (χ3n) is 3.07. The molecular formula is C16H24ClNO. The first kappa shape index (κ1) is 16.0. The summed E-state index contributed by atoms with van der Waals surface area (Å²) in [6.07, 6.45) is 7.07. The van der Waals surface area contributed by atoms with Crippen molar-refractivity contribution in [1.82, 2.24) is 0 Å². The van der Waals surface area contributed by atoms with Gasteiger partial charge in [-0.05, 0) is 37.0 Å². The summed E-state index contributed by atoms with van der Waals surface area (Å²) in [4.78, 5) is 11.8. The Bertz CT molecular complexity index is 379. The van der Waals surface area contributed by atoms with Gasteiger partial charge in [-0.25, -0.2) is 0 Å². The normalized spacial score (nSPS) is 10.4. The van der Waals surface area contributed by atoms with Gasteiger partial charge in [0.2, 0.25) is 5.91 Å². The van der Waals surface area contributed by atoms with Crippen LogP contribution in [0.3, 0.4) is 0 Å². The van der Waals surface area contributed by atoms with Gasteiger partial charge < -0.3 is 5.32 Å². The fourth-order valence-corrected chi connectivity index (χ4v) is 2.14. The van der Waals surface area contributed by atoms with Crippen molar-refractivity contribution < 1.29 is 4.79 Å². The summed E-state index contributed by atoms with van der Waals surface area (Å²) in [5.74, 6) is 0.791. The number of unbranched alkanes of at least 4 members (excludes halogenated alkanes) is 3. The molecule has 0 unspecified atom stereocenters. The van der Waals surface area contributed by atoms with Gasteiger partial charge in [0.15, 0.2) is 0 Å². The van der Waals surface area contributed by atoms with E-state index >= 15 is 0 Å². The summed E-state index contributed by atoms with van der Waals surface area (Å²) in [6, 6.07) is 8.03. The van der Waals surface area contributed by atoms with Gasteiger partial charge >= 0.3 is 0 Å². The van der Waals surface area contributed by atoms with Crippen molar-refractivity contribution in [1.29, 1.82) is 0 Å². The molecule has 0 spiro atoms. The van der Waals surface area contributed by atoms with Gasteiger partial charge in [-0.3, -0.25) is 4.79 Å². The summed E-state index contributed by atoms with van der Waals surface area (Å²) < 4.78 is 0. The van der Waals surface area contributed by atoms with Crippen LogP contribution in [0.25, 0.3) is 0 Å². The number of carbonyl (C=O) groups is 1. The summed E-state index contributed by atoms with van der Waals surface area (Å²) in [6.45, 7) is 2.17. The molecule has 19 heavy (non-hydrogen) atoms. The molecule has 0 radical (unpaired) electrons. The Morgan fingerprint density at radius 1 is 1.21 bits per heavy atom. The number of nitrogens with one attached hydrogen (secondary N) is 1. The molecule has 1 rings (SSSR count). The topological polar surface area (TPSA) is 29.1 Å². The van der Waals surface area contributed by atoms with E-state index in [4.69, 9.17) is 11.6 Å². The van der Waals surface area contributed by atoms with Crippen LogP contribution in [-0.4, -0.2) is 11.8 Å². The van der Waals surface area contributed by atoms with Crippen LogP contribution in [-0.2, 0) is 11.2 Å². The van der Waals surface area contributed by atoms with E-state index < -0.39 is 0 Å². The number of amides is 1. The van der Waals surface area contributed by atoms with Crippen LogP contribution in [0.4, 0.5) is 5.69 Å². The van der Waals surface area contributed by atoms with E-state index in [1.807, 2.05) is 18.2 Å². The molecule has 1 amide bonds. The molecule has 106 valence electrons. The van der Waals surface area contributed by atoms with Gasteiger partial charge in [-0.15, -0.1) is 11.6 Å². The lowest BCUT2D eigenvalue weighted by Gasteiger charge is -2.07. The molecule has 1 aromatic rings. The fraction of sp³-hybridized carbons (Fsp3) is 0.562. The van der Waals surface area contributed by atoms with E-state index in [2.05, 4.69) is 18.3 Å². The van der Waals surface area contributed by atoms with E-state index in [0.29, 0.717) is 12.3 Å². The van der Waals surface area contributed by atoms with Crippen LogP contribution in [0.5, 0.6) is 0 Å². The third kappa shape index (κ3) is 7.22. The van der Waals surface area contributed by atoms with Gasteiger partial charge in [0.1, 0.15) is 0 Å². The van der Waals surface area contributed by atoms with Gasteiger partial charge in [0.05, 0.1) is 0 Å². The highest BCUT2D eigenvalue weighted by atomic mass is 35.5. The van der Waals surface area contributed by atoms with E-state index in [1.165, 1.54) is 18.4 Å². The van der Waals surface area contributed by atoms with E-state index in [1.54, 1.807) is 0 Å². The number of anilines is 1. The molecular weight excluding hydrogens is 258 g/mol. The average molecular weight is 282 g/mol. The van der Waals surface area contributed by atoms with Crippen molar-refractivity contribution in [2.45, 2.75) is 51.9 Å². The summed E-state index contributed by atoms with van der Waals surface area (Å²) in [5, 5.41) is 2.96. The monoisotopic (exact) mass is 281 g/mol. The molecule has 0 heterocycles. The Kier molecular flexibility index (Phi) is 8.31. The molecule has 0 fully saturated rings. The van der Waals surface area contributed by atoms with Crippen LogP contribution in [0.15, 0.2) is 24.3 Å². The molecule has 0 aromatic heterocycles. The number of aryl methyl sites for hydroxylation is 1. The zero-order valence-corrected chi connectivity index (χ0v) is 12.5. The molecule has 2 nitrogen and oxygen atoms in total. The average Bonchev–Trinajstić information content (AvgIpc) is 2.42. The molecule has 0 aliphatic heterocycles.